The van der Waals surface area contributed by atoms with Crippen LogP contribution in [-0.4, -0.2) is 86.2 Å². The van der Waals surface area contributed by atoms with E-state index in [9.17, 15) is 0 Å². The average Bonchev–Trinajstić information content (AvgIpc) is 2.73. The molecule has 1 N–H and O–H groups in total. The molecule has 1 unspecified atom stereocenters. The van der Waals surface area contributed by atoms with Crippen molar-refractivity contribution in [2.45, 2.75) is 32.7 Å². The maximum atomic E-state index is 3.48. The molecule has 0 bridgehead atoms. The molecule has 2 rings (SSSR count). The molecule has 112 valence electrons. The van der Waals surface area contributed by atoms with Gasteiger partial charge in [0.25, 0.3) is 0 Å². The topological polar surface area (TPSA) is 21.8 Å². The summed E-state index contributed by atoms with van der Waals surface area (Å²) in [4.78, 5) is 7.92. The van der Waals surface area contributed by atoms with Gasteiger partial charge in [-0.2, -0.15) is 0 Å². The summed E-state index contributed by atoms with van der Waals surface area (Å²) in [5.74, 6) is 0. The third-order valence-electron chi connectivity index (χ3n) is 4.79. The van der Waals surface area contributed by atoms with Gasteiger partial charge in [-0.05, 0) is 32.9 Å². The van der Waals surface area contributed by atoms with Crippen LogP contribution in [0.5, 0.6) is 0 Å². The quantitative estimate of drug-likeness (QED) is 0.792. The highest BCUT2D eigenvalue weighted by Gasteiger charge is 2.20. The number of rotatable bonds is 5. The van der Waals surface area contributed by atoms with E-state index in [1.54, 1.807) is 0 Å². The fourth-order valence-corrected chi connectivity index (χ4v) is 3.09. The van der Waals surface area contributed by atoms with Crippen LogP contribution in [-0.2, 0) is 0 Å². The van der Waals surface area contributed by atoms with Crippen molar-refractivity contribution in [3.63, 3.8) is 0 Å². The lowest BCUT2D eigenvalue weighted by atomic mass is 10.2. The van der Waals surface area contributed by atoms with Crippen LogP contribution in [0.4, 0.5) is 0 Å². The zero-order valence-electron chi connectivity index (χ0n) is 12.9. The van der Waals surface area contributed by atoms with E-state index in [1.165, 1.54) is 78.3 Å². The minimum atomic E-state index is 0.763. The van der Waals surface area contributed by atoms with Gasteiger partial charge in [-0.1, -0.05) is 6.92 Å². The minimum absolute atomic E-state index is 0.763. The van der Waals surface area contributed by atoms with Gasteiger partial charge in [-0.15, -0.1) is 0 Å². The lowest BCUT2D eigenvalue weighted by Crippen LogP contribution is -2.51. The van der Waals surface area contributed by atoms with Crippen LogP contribution in [0.15, 0.2) is 0 Å². The highest BCUT2D eigenvalue weighted by atomic mass is 15.3. The molecule has 2 aliphatic heterocycles. The largest absolute Gasteiger partial charge is 0.315 e. The number of hydrogen-bond donors (Lipinski definition) is 1. The Morgan fingerprint density at radius 3 is 2.26 bits per heavy atom. The molecule has 0 saturated carbocycles. The van der Waals surface area contributed by atoms with Crippen LogP contribution >= 0.6 is 0 Å². The number of piperazine rings is 1. The maximum absolute atomic E-state index is 3.48. The van der Waals surface area contributed by atoms with Gasteiger partial charge >= 0.3 is 0 Å². The van der Waals surface area contributed by atoms with E-state index in [0.29, 0.717) is 0 Å². The molecule has 0 amide bonds. The van der Waals surface area contributed by atoms with Crippen molar-refractivity contribution in [2.75, 3.05) is 65.4 Å². The van der Waals surface area contributed by atoms with Crippen LogP contribution in [0.3, 0.4) is 0 Å². The molecule has 4 heteroatoms. The Morgan fingerprint density at radius 2 is 1.58 bits per heavy atom. The monoisotopic (exact) mass is 268 g/mol. The molecule has 2 fully saturated rings. The Hall–Kier alpha value is -0.160. The lowest BCUT2D eigenvalue weighted by molar-refractivity contribution is 0.0925. The van der Waals surface area contributed by atoms with Gasteiger partial charge in [0.2, 0.25) is 0 Å². The highest BCUT2D eigenvalue weighted by Crippen LogP contribution is 2.08. The molecule has 0 aliphatic carbocycles. The summed E-state index contributed by atoms with van der Waals surface area (Å²) in [6.45, 7) is 17.1. The number of nitrogens with one attached hydrogen (secondary N) is 1. The SMILES string of the molecule is CCC(C)N1CCN(CCN2CCCNCC2)CC1. The van der Waals surface area contributed by atoms with Crippen LogP contribution in [0.25, 0.3) is 0 Å². The standard InChI is InChI=1S/C15H32N4/c1-3-15(2)19-13-11-18(12-14-19)10-9-17-7-4-5-16-6-8-17/h15-16H,3-14H2,1-2H3. The summed E-state index contributed by atoms with van der Waals surface area (Å²) < 4.78 is 0. The van der Waals surface area contributed by atoms with E-state index in [4.69, 9.17) is 0 Å². The molecular formula is C15H32N4. The Kier molecular flexibility index (Phi) is 6.57. The van der Waals surface area contributed by atoms with Crippen LogP contribution in [0.2, 0.25) is 0 Å². The molecule has 0 spiro atoms. The van der Waals surface area contributed by atoms with Crippen LogP contribution in [0.1, 0.15) is 26.7 Å². The predicted molar refractivity (Wildman–Crippen MR) is 81.7 cm³/mol. The summed E-state index contributed by atoms with van der Waals surface area (Å²) >= 11 is 0. The molecule has 19 heavy (non-hydrogen) atoms. The zero-order chi connectivity index (χ0) is 13.5. The van der Waals surface area contributed by atoms with Crippen molar-refractivity contribution in [1.29, 1.82) is 0 Å². The Morgan fingerprint density at radius 1 is 0.895 bits per heavy atom. The minimum Gasteiger partial charge on any atom is -0.315 e. The second-order valence-corrected chi connectivity index (χ2v) is 6.08. The molecule has 4 nitrogen and oxygen atoms in total. The lowest BCUT2D eigenvalue weighted by Gasteiger charge is -2.38. The summed E-state index contributed by atoms with van der Waals surface area (Å²) in [7, 11) is 0. The summed E-state index contributed by atoms with van der Waals surface area (Å²) in [5.41, 5.74) is 0. The average molecular weight is 268 g/mol. The number of hydrogen-bond acceptors (Lipinski definition) is 4. The van der Waals surface area contributed by atoms with E-state index < -0.39 is 0 Å². The van der Waals surface area contributed by atoms with Crippen LogP contribution < -0.4 is 5.32 Å². The summed E-state index contributed by atoms with van der Waals surface area (Å²) in [6, 6.07) is 0.763. The van der Waals surface area contributed by atoms with Crippen molar-refractivity contribution >= 4 is 0 Å². The van der Waals surface area contributed by atoms with E-state index >= 15 is 0 Å². The second-order valence-electron chi connectivity index (χ2n) is 6.08. The fraction of sp³-hybridized carbons (Fsp3) is 1.00. The van der Waals surface area contributed by atoms with E-state index in [0.717, 1.165) is 6.04 Å². The van der Waals surface area contributed by atoms with Gasteiger partial charge in [-0.3, -0.25) is 9.80 Å². The van der Waals surface area contributed by atoms with Crippen molar-refractivity contribution in [2.24, 2.45) is 0 Å². The third-order valence-corrected chi connectivity index (χ3v) is 4.79. The van der Waals surface area contributed by atoms with Crippen molar-refractivity contribution in [3.05, 3.63) is 0 Å². The van der Waals surface area contributed by atoms with E-state index in [-0.39, 0.29) is 0 Å². The molecule has 2 saturated heterocycles. The van der Waals surface area contributed by atoms with E-state index in [1.807, 2.05) is 0 Å². The first kappa shape index (κ1) is 15.2. The maximum Gasteiger partial charge on any atom is 0.0113 e. The smallest absolute Gasteiger partial charge is 0.0113 e. The molecule has 0 aromatic rings. The Balaban J connectivity index is 1.62. The van der Waals surface area contributed by atoms with Crippen molar-refractivity contribution < 1.29 is 0 Å². The molecule has 1 atom stereocenters. The molecule has 0 aromatic heterocycles. The normalized spacial score (nSPS) is 26.2. The van der Waals surface area contributed by atoms with Gasteiger partial charge < -0.3 is 10.2 Å². The van der Waals surface area contributed by atoms with Crippen molar-refractivity contribution in [1.82, 2.24) is 20.0 Å². The van der Waals surface area contributed by atoms with Gasteiger partial charge in [0.1, 0.15) is 0 Å². The van der Waals surface area contributed by atoms with Gasteiger partial charge in [0.15, 0.2) is 0 Å². The molecule has 0 radical (unpaired) electrons. The zero-order valence-corrected chi connectivity index (χ0v) is 12.9. The first-order valence-electron chi connectivity index (χ1n) is 8.19. The number of nitrogens with zero attached hydrogens (tertiary/aromatic N) is 3. The molecule has 2 aliphatic rings. The third kappa shape index (κ3) is 5.03. The predicted octanol–water partition coefficient (Wildman–Crippen LogP) is 0.698. The van der Waals surface area contributed by atoms with Gasteiger partial charge in [0.05, 0.1) is 0 Å². The summed E-state index contributed by atoms with van der Waals surface area (Å²) in [6.07, 6.45) is 2.59. The highest BCUT2D eigenvalue weighted by molar-refractivity contribution is 4.76. The summed E-state index contributed by atoms with van der Waals surface area (Å²) in [5, 5.41) is 3.48. The van der Waals surface area contributed by atoms with Crippen LogP contribution in [0, 0.1) is 0 Å². The molecule has 0 aromatic carbocycles. The van der Waals surface area contributed by atoms with E-state index in [2.05, 4.69) is 33.9 Å². The molecular weight excluding hydrogens is 236 g/mol. The second kappa shape index (κ2) is 8.20. The Bertz CT molecular complexity index is 230. The van der Waals surface area contributed by atoms with Gasteiger partial charge in [0, 0.05) is 58.4 Å². The molecule has 2 heterocycles. The van der Waals surface area contributed by atoms with Gasteiger partial charge in [-0.25, -0.2) is 0 Å². The first-order valence-corrected chi connectivity index (χ1v) is 8.19. The van der Waals surface area contributed by atoms with Crippen molar-refractivity contribution in [3.8, 4) is 0 Å². The fourth-order valence-electron chi connectivity index (χ4n) is 3.09. The first-order chi connectivity index (χ1) is 9.29. The Labute approximate surface area is 119 Å².